The van der Waals surface area contributed by atoms with Gasteiger partial charge in [0.25, 0.3) is 0 Å². The first-order valence-corrected chi connectivity index (χ1v) is 7.75. The summed E-state index contributed by atoms with van der Waals surface area (Å²) >= 11 is 0. The highest BCUT2D eigenvalue weighted by Gasteiger charge is 2.13. The molecule has 0 atom stereocenters. The van der Waals surface area contributed by atoms with Crippen molar-refractivity contribution in [1.29, 1.82) is 0 Å². The minimum Gasteiger partial charge on any atom is -0.0860 e. The zero-order chi connectivity index (χ0) is 7.23. The molecular formula is C7H14S3. The first-order chi connectivity index (χ1) is 4.93. The lowest BCUT2D eigenvalue weighted by Gasteiger charge is -2.19. The summed E-state index contributed by atoms with van der Waals surface area (Å²) in [6.45, 7) is 0. The fourth-order valence-electron chi connectivity index (χ4n) is 1.26. The summed E-state index contributed by atoms with van der Waals surface area (Å²) in [5.41, 5.74) is 0. The summed E-state index contributed by atoms with van der Waals surface area (Å²) in [6.07, 6.45) is 9.47. The summed E-state index contributed by atoms with van der Waals surface area (Å²) in [7, 11) is 5.90. The van der Waals surface area contributed by atoms with Crippen molar-refractivity contribution in [2.45, 2.75) is 37.4 Å². The summed E-state index contributed by atoms with van der Waals surface area (Å²) in [5.74, 6) is 0. The molecule has 1 aliphatic carbocycles. The highest BCUT2D eigenvalue weighted by molar-refractivity contribution is 9.09. The van der Waals surface area contributed by atoms with Crippen LogP contribution in [0.1, 0.15) is 32.1 Å². The first kappa shape index (κ1) is 9.14. The third-order valence-corrected chi connectivity index (χ3v) is 6.15. The second-order valence-corrected chi connectivity index (χ2v) is 7.13. The van der Waals surface area contributed by atoms with E-state index in [1.54, 1.807) is 0 Å². The molecule has 0 heterocycles. The van der Waals surface area contributed by atoms with Crippen LogP contribution in [0.25, 0.3) is 0 Å². The van der Waals surface area contributed by atoms with Crippen LogP contribution in [-0.2, 0) is 0 Å². The highest BCUT2D eigenvalue weighted by atomic mass is 33.5. The fraction of sp³-hybridized carbons (Fsp3) is 1.00. The van der Waals surface area contributed by atoms with Crippen molar-refractivity contribution in [1.82, 2.24) is 0 Å². The maximum Gasteiger partial charge on any atom is 0.0159 e. The van der Waals surface area contributed by atoms with Crippen LogP contribution < -0.4 is 0 Å². The third kappa shape index (κ3) is 3.44. The van der Waals surface area contributed by atoms with Crippen molar-refractivity contribution in [3.8, 4) is 0 Å². The molecular weight excluding hydrogens is 180 g/mol. The van der Waals surface area contributed by atoms with Crippen LogP contribution in [0, 0.1) is 0 Å². The van der Waals surface area contributed by atoms with Crippen molar-refractivity contribution in [3.63, 3.8) is 0 Å². The van der Waals surface area contributed by atoms with Crippen LogP contribution >= 0.6 is 31.4 Å². The van der Waals surface area contributed by atoms with Crippen molar-refractivity contribution in [3.05, 3.63) is 0 Å². The van der Waals surface area contributed by atoms with E-state index >= 15 is 0 Å². The van der Waals surface area contributed by atoms with E-state index in [9.17, 15) is 0 Å². The van der Waals surface area contributed by atoms with Crippen LogP contribution in [0.4, 0.5) is 0 Å². The maximum absolute atomic E-state index is 2.15. The molecule has 0 unspecified atom stereocenters. The minimum absolute atomic E-state index is 0.964. The molecule has 0 aromatic heterocycles. The largest absolute Gasteiger partial charge is 0.0860 e. The smallest absolute Gasteiger partial charge is 0.0159 e. The molecule has 0 N–H and O–H groups in total. The molecule has 10 heavy (non-hydrogen) atoms. The molecule has 0 nitrogen and oxygen atoms in total. The molecule has 0 amide bonds. The minimum atomic E-state index is 0.964. The van der Waals surface area contributed by atoms with Crippen LogP contribution in [0.15, 0.2) is 0 Å². The normalized spacial score (nSPS) is 21.3. The zero-order valence-electron chi connectivity index (χ0n) is 6.34. The summed E-state index contributed by atoms with van der Waals surface area (Å²) < 4.78 is 0. The Morgan fingerprint density at radius 1 is 1.10 bits per heavy atom. The molecule has 0 aliphatic heterocycles. The van der Waals surface area contributed by atoms with Gasteiger partial charge in [-0.1, -0.05) is 40.9 Å². The molecule has 3 heteroatoms. The summed E-state index contributed by atoms with van der Waals surface area (Å²) in [5, 5.41) is 0.964. The standard InChI is InChI=1S/C7H14S3/c1-8-10-9-7-5-3-2-4-6-7/h7H,2-6H2,1H3. The first-order valence-electron chi connectivity index (χ1n) is 3.79. The number of hydrogen-bond acceptors (Lipinski definition) is 3. The molecule has 1 saturated carbocycles. The van der Waals surface area contributed by atoms with Crippen molar-refractivity contribution in [2.24, 2.45) is 0 Å². The molecule has 0 radical (unpaired) electrons. The van der Waals surface area contributed by atoms with Gasteiger partial charge in [-0.2, -0.15) is 0 Å². The third-order valence-electron chi connectivity index (χ3n) is 1.80. The van der Waals surface area contributed by atoms with E-state index in [1.807, 2.05) is 20.6 Å². The van der Waals surface area contributed by atoms with Gasteiger partial charge in [0.15, 0.2) is 0 Å². The van der Waals surface area contributed by atoms with Crippen molar-refractivity contribution in [2.75, 3.05) is 6.26 Å². The van der Waals surface area contributed by atoms with E-state index in [1.165, 1.54) is 32.1 Å². The van der Waals surface area contributed by atoms with Gasteiger partial charge >= 0.3 is 0 Å². The number of rotatable bonds is 3. The summed E-state index contributed by atoms with van der Waals surface area (Å²) in [6, 6.07) is 0. The molecule has 0 spiro atoms. The van der Waals surface area contributed by atoms with E-state index < -0.39 is 0 Å². The molecule has 0 aromatic rings. The Morgan fingerprint density at radius 2 is 1.80 bits per heavy atom. The monoisotopic (exact) mass is 194 g/mol. The van der Waals surface area contributed by atoms with E-state index in [-0.39, 0.29) is 0 Å². The Morgan fingerprint density at radius 3 is 2.40 bits per heavy atom. The van der Waals surface area contributed by atoms with Crippen molar-refractivity contribution >= 4 is 31.4 Å². The summed E-state index contributed by atoms with van der Waals surface area (Å²) in [4.78, 5) is 0. The quantitative estimate of drug-likeness (QED) is 0.624. The lowest BCUT2D eigenvalue weighted by Crippen LogP contribution is -2.05. The van der Waals surface area contributed by atoms with Gasteiger partial charge in [0.1, 0.15) is 0 Å². The Labute approximate surface area is 75.1 Å². The number of hydrogen-bond donors (Lipinski definition) is 0. The fourth-order valence-corrected chi connectivity index (χ4v) is 4.83. The van der Waals surface area contributed by atoms with Gasteiger partial charge in [-0.3, -0.25) is 0 Å². The zero-order valence-corrected chi connectivity index (χ0v) is 8.79. The van der Waals surface area contributed by atoms with E-state index in [2.05, 4.69) is 17.0 Å². The van der Waals surface area contributed by atoms with Gasteiger partial charge in [-0.25, -0.2) is 0 Å². The van der Waals surface area contributed by atoms with Crippen LogP contribution in [-0.4, -0.2) is 11.5 Å². The van der Waals surface area contributed by atoms with Gasteiger partial charge in [0.05, 0.1) is 0 Å². The predicted octanol–water partition coefficient (Wildman–Crippen LogP) is 3.98. The molecule has 0 saturated heterocycles. The van der Waals surface area contributed by atoms with E-state index in [0.29, 0.717) is 0 Å². The van der Waals surface area contributed by atoms with Crippen LogP contribution in [0.3, 0.4) is 0 Å². The maximum atomic E-state index is 2.15. The van der Waals surface area contributed by atoms with E-state index in [4.69, 9.17) is 0 Å². The molecule has 1 rings (SSSR count). The predicted molar refractivity (Wildman–Crippen MR) is 55.6 cm³/mol. The Bertz CT molecular complexity index is 78.9. The van der Waals surface area contributed by atoms with Gasteiger partial charge in [0, 0.05) is 5.25 Å². The van der Waals surface area contributed by atoms with Crippen LogP contribution in [0.5, 0.6) is 0 Å². The molecule has 60 valence electrons. The van der Waals surface area contributed by atoms with Gasteiger partial charge in [-0.05, 0) is 28.9 Å². The van der Waals surface area contributed by atoms with E-state index in [0.717, 1.165) is 5.25 Å². The lowest BCUT2D eigenvalue weighted by molar-refractivity contribution is 0.517. The average Bonchev–Trinajstić information content (AvgIpc) is 2.03. The van der Waals surface area contributed by atoms with Gasteiger partial charge in [0.2, 0.25) is 0 Å². The molecule has 0 bridgehead atoms. The SMILES string of the molecule is CSSSC1CCCCC1. The van der Waals surface area contributed by atoms with Gasteiger partial charge in [-0.15, -0.1) is 0 Å². The highest BCUT2D eigenvalue weighted by Crippen LogP contribution is 2.41. The second-order valence-electron chi connectivity index (χ2n) is 2.59. The Balaban J connectivity index is 2.02. The Kier molecular flexibility index (Phi) is 5.18. The lowest BCUT2D eigenvalue weighted by atomic mass is 10.0. The van der Waals surface area contributed by atoms with Crippen LogP contribution in [0.2, 0.25) is 0 Å². The Hall–Kier alpha value is 1.05. The topological polar surface area (TPSA) is 0 Å². The average molecular weight is 194 g/mol. The molecule has 1 aliphatic rings. The molecule has 1 fully saturated rings. The van der Waals surface area contributed by atoms with Gasteiger partial charge < -0.3 is 0 Å². The van der Waals surface area contributed by atoms with Crippen molar-refractivity contribution < 1.29 is 0 Å². The molecule has 0 aromatic carbocycles. The second kappa shape index (κ2) is 5.67.